The number of carbonyl (C=O) groups excluding carboxylic acids is 1. The van der Waals surface area contributed by atoms with Gasteiger partial charge in [-0.15, -0.1) is 11.3 Å². The maximum Gasteiger partial charge on any atom is 0.269 e. The third kappa shape index (κ3) is 7.14. The van der Waals surface area contributed by atoms with E-state index >= 15 is 0 Å². The predicted molar refractivity (Wildman–Crippen MR) is 121 cm³/mol. The normalized spacial score (nSPS) is 11.2. The average Bonchev–Trinajstić information content (AvgIpc) is 3.25. The first-order valence-corrected chi connectivity index (χ1v) is 10.9. The van der Waals surface area contributed by atoms with Crippen LogP contribution in [-0.4, -0.2) is 59.8 Å². The van der Waals surface area contributed by atoms with Crippen molar-refractivity contribution >= 4 is 28.9 Å². The number of rotatable bonds is 10. The minimum atomic E-state index is -0.419. The van der Waals surface area contributed by atoms with Gasteiger partial charge >= 0.3 is 0 Å². The van der Waals surface area contributed by atoms with Gasteiger partial charge in [-0.25, -0.2) is 4.99 Å². The van der Waals surface area contributed by atoms with Crippen LogP contribution in [0.3, 0.4) is 0 Å². The van der Waals surface area contributed by atoms with Crippen molar-refractivity contribution in [1.29, 1.82) is 0 Å². The maximum atomic E-state index is 12.5. The average molecular weight is 432 g/mol. The molecule has 162 valence electrons. The second kappa shape index (κ2) is 11.9. The van der Waals surface area contributed by atoms with Crippen molar-refractivity contribution in [2.45, 2.75) is 26.8 Å². The molecule has 1 aromatic heterocycles. The molecule has 8 nitrogen and oxygen atoms in total. The van der Waals surface area contributed by atoms with Crippen molar-refractivity contribution in [2.75, 3.05) is 33.2 Å². The SMILES string of the molecule is CCN(CC)C(=O)CN(C)C(=NCc1ccc([N+](=O)[O-])cc1)NCCc1cccs1. The molecule has 0 atom stereocenters. The molecule has 1 N–H and O–H groups in total. The third-order valence-electron chi connectivity index (χ3n) is 4.64. The van der Waals surface area contributed by atoms with E-state index in [1.54, 1.807) is 28.4 Å². The molecular weight excluding hydrogens is 402 g/mol. The van der Waals surface area contributed by atoms with Gasteiger partial charge in [-0.3, -0.25) is 14.9 Å². The second-order valence-corrected chi connectivity index (χ2v) is 7.77. The number of aliphatic imine (C=N–C) groups is 1. The van der Waals surface area contributed by atoms with Gasteiger partial charge in [0.1, 0.15) is 0 Å². The van der Waals surface area contributed by atoms with Crippen LogP contribution in [0.25, 0.3) is 0 Å². The molecule has 0 bridgehead atoms. The summed E-state index contributed by atoms with van der Waals surface area (Å²) in [5.74, 6) is 0.677. The van der Waals surface area contributed by atoms with Crippen LogP contribution >= 0.6 is 11.3 Å². The zero-order valence-corrected chi connectivity index (χ0v) is 18.5. The van der Waals surface area contributed by atoms with Crippen molar-refractivity contribution in [3.05, 3.63) is 62.3 Å². The second-order valence-electron chi connectivity index (χ2n) is 6.74. The minimum absolute atomic E-state index is 0.0468. The molecule has 0 saturated heterocycles. The van der Waals surface area contributed by atoms with E-state index in [1.807, 2.05) is 37.2 Å². The smallest absolute Gasteiger partial charge is 0.269 e. The van der Waals surface area contributed by atoms with E-state index in [-0.39, 0.29) is 18.1 Å². The number of hydrogen-bond acceptors (Lipinski definition) is 5. The first kappa shape index (κ1) is 23.3. The van der Waals surface area contributed by atoms with Crippen LogP contribution in [0.4, 0.5) is 5.69 Å². The van der Waals surface area contributed by atoms with E-state index in [1.165, 1.54) is 17.0 Å². The summed E-state index contributed by atoms with van der Waals surface area (Å²) in [5, 5.41) is 16.2. The van der Waals surface area contributed by atoms with Crippen molar-refractivity contribution < 1.29 is 9.72 Å². The molecule has 30 heavy (non-hydrogen) atoms. The molecular formula is C21H29N5O3S. The lowest BCUT2D eigenvalue weighted by atomic mass is 10.2. The number of likely N-dealkylation sites (N-methyl/N-ethyl adjacent to an activating group) is 2. The van der Waals surface area contributed by atoms with Crippen LogP contribution in [0.15, 0.2) is 46.8 Å². The molecule has 1 amide bonds. The molecule has 0 aliphatic heterocycles. The highest BCUT2D eigenvalue weighted by Crippen LogP contribution is 2.13. The number of nitro groups is 1. The number of hydrogen-bond donors (Lipinski definition) is 1. The standard InChI is InChI=1S/C21H29N5O3S/c1-4-25(5-2)20(27)16-24(3)21(22-13-12-19-7-6-14-30-19)23-15-17-8-10-18(11-9-17)26(28)29/h6-11,14H,4-5,12-13,15-16H2,1-3H3,(H,22,23). The number of non-ortho nitro benzene ring substituents is 1. The lowest BCUT2D eigenvalue weighted by Gasteiger charge is -2.26. The number of thiophene rings is 1. The molecule has 9 heteroatoms. The highest BCUT2D eigenvalue weighted by atomic mass is 32.1. The van der Waals surface area contributed by atoms with E-state index in [4.69, 9.17) is 0 Å². The zero-order chi connectivity index (χ0) is 21.9. The number of guanidine groups is 1. The lowest BCUT2D eigenvalue weighted by molar-refractivity contribution is -0.384. The monoisotopic (exact) mass is 431 g/mol. The fraction of sp³-hybridized carbons (Fsp3) is 0.429. The van der Waals surface area contributed by atoms with Crippen molar-refractivity contribution in [2.24, 2.45) is 4.99 Å². The zero-order valence-electron chi connectivity index (χ0n) is 17.7. The van der Waals surface area contributed by atoms with E-state index in [0.717, 1.165) is 12.0 Å². The highest BCUT2D eigenvalue weighted by molar-refractivity contribution is 7.09. The topological polar surface area (TPSA) is 91.1 Å². The number of benzene rings is 1. The molecule has 1 aromatic carbocycles. The first-order valence-electron chi connectivity index (χ1n) is 9.97. The van der Waals surface area contributed by atoms with Gasteiger partial charge in [-0.2, -0.15) is 0 Å². The summed E-state index contributed by atoms with van der Waals surface area (Å²) in [6, 6.07) is 10.5. The van der Waals surface area contributed by atoms with Gasteiger partial charge in [0.25, 0.3) is 5.69 Å². The fourth-order valence-electron chi connectivity index (χ4n) is 2.91. The quantitative estimate of drug-likeness (QED) is 0.270. The van der Waals surface area contributed by atoms with E-state index in [0.29, 0.717) is 32.1 Å². The number of amides is 1. The highest BCUT2D eigenvalue weighted by Gasteiger charge is 2.15. The molecule has 0 spiro atoms. The molecule has 2 rings (SSSR count). The van der Waals surface area contributed by atoms with Crippen LogP contribution in [0.5, 0.6) is 0 Å². The summed E-state index contributed by atoms with van der Waals surface area (Å²) >= 11 is 1.71. The summed E-state index contributed by atoms with van der Waals surface area (Å²) < 4.78 is 0. The van der Waals surface area contributed by atoms with Gasteiger partial charge in [-0.05, 0) is 37.3 Å². The van der Waals surface area contributed by atoms with Crippen LogP contribution in [-0.2, 0) is 17.8 Å². The predicted octanol–water partition coefficient (Wildman–Crippen LogP) is 3.14. The fourth-order valence-corrected chi connectivity index (χ4v) is 3.62. The first-order chi connectivity index (χ1) is 14.4. The van der Waals surface area contributed by atoms with Gasteiger partial charge in [0.2, 0.25) is 5.91 Å². The summed E-state index contributed by atoms with van der Waals surface area (Å²) in [6.07, 6.45) is 0.867. The Bertz CT molecular complexity index is 833. The Morgan fingerprint density at radius 2 is 1.90 bits per heavy atom. The number of nitro benzene ring substituents is 1. The van der Waals surface area contributed by atoms with Gasteiger partial charge in [-0.1, -0.05) is 18.2 Å². The molecule has 2 aromatic rings. The van der Waals surface area contributed by atoms with Crippen LogP contribution in [0.2, 0.25) is 0 Å². The minimum Gasteiger partial charge on any atom is -0.356 e. The Morgan fingerprint density at radius 3 is 2.47 bits per heavy atom. The summed E-state index contributed by atoms with van der Waals surface area (Å²) in [5.41, 5.74) is 0.917. The summed E-state index contributed by atoms with van der Waals surface area (Å²) in [4.78, 5) is 32.4. The van der Waals surface area contributed by atoms with Crippen molar-refractivity contribution in [1.82, 2.24) is 15.1 Å². The van der Waals surface area contributed by atoms with Crippen LogP contribution in [0.1, 0.15) is 24.3 Å². The van der Waals surface area contributed by atoms with Crippen molar-refractivity contribution in [3.63, 3.8) is 0 Å². The van der Waals surface area contributed by atoms with Gasteiger partial charge in [0, 0.05) is 43.7 Å². The molecule has 1 heterocycles. The van der Waals surface area contributed by atoms with E-state index < -0.39 is 4.92 Å². The molecule has 0 saturated carbocycles. The van der Waals surface area contributed by atoms with Crippen LogP contribution < -0.4 is 5.32 Å². The van der Waals surface area contributed by atoms with E-state index in [2.05, 4.69) is 16.4 Å². The molecule has 0 aliphatic carbocycles. The Hall–Kier alpha value is -2.94. The number of carbonyl (C=O) groups is 1. The van der Waals surface area contributed by atoms with E-state index in [9.17, 15) is 14.9 Å². The molecule has 0 unspecified atom stereocenters. The number of nitrogens with zero attached hydrogens (tertiary/aromatic N) is 4. The Kier molecular flexibility index (Phi) is 9.27. The molecule has 0 aliphatic rings. The van der Waals surface area contributed by atoms with Crippen LogP contribution in [0, 0.1) is 10.1 Å². The summed E-state index contributed by atoms with van der Waals surface area (Å²) in [7, 11) is 1.84. The van der Waals surface area contributed by atoms with Crippen molar-refractivity contribution in [3.8, 4) is 0 Å². The van der Waals surface area contributed by atoms with Gasteiger partial charge in [0.05, 0.1) is 18.0 Å². The summed E-state index contributed by atoms with van der Waals surface area (Å²) in [6.45, 7) is 6.56. The van der Waals surface area contributed by atoms with Gasteiger partial charge in [0.15, 0.2) is 5.96 Å². The maximum absolute atomic E-state index is 12.5. The Morgan fingerprint density at radius 1 is 1.20 bits per heavy atom. The van der Waals surface area contributed by atoms with Gasteiger partial charge < -0.3 is 15.1 Å². The lowest BCUT2D eigenvalue weighted by Crippen LogP contribution is -2.46. The molecule has 0 radical (unpaired) electrons. The largest absolute Gasteiger partial charge is 0.356 e. The number of nitrogens with one attached hydrogen (secondary N) is 1. The third-order valence-corrected chi connectivity index (χ3v) is 5.58. The Balaban J connectivity index is 2.06. The Labute approximate surface area is 181 Å². The molecule has 0 fully saturated rings.